The van der Waals surface area contributed by atoms with Crippen LogP contribution in [0.15, 0.2) is 54.9 Å². The molecule has 0 aliphatic rings. The summed E-state index contributed by atoms with van der Waals surface area (Å²) in [5.74, 6) is -0.614. The fourth-order valence-corrected chi connectivity index (χ4v) is 2.71. The normalized spacial score (nSPS) is 11.9. The lowest BCUT2D eigenvalue weighted by atomic mass is 9.92. The maximum atomic E-state index is 12.3. The number of hydrogen-bond donors (Lipinski definition) is 2. The third-order valence-corrected chi connectivity index (χ3v) is 3.68. The molecule has 120 valence electrons. The Morgan fingerprint density at radius 1 is 0.957 bits per heavy atom. The van der Waals surface area contributed by atoms with Crippen molar-refractivity contribution in [1.29, 1.82) is 0 Å². The second kappa shape index (κ2) is 6.04. The number of aromatic amines is 2. The lowest BCUT2D eigenvalue weighted by Crippen LogP contribution is -2.17. The van der Waals surface area contributed by atoms with Crippen molar-refractivity contribution < 1.29 is 17.9 Å². The first kappa shape index (κ1) is 15.6. The molecule has 0 saturated carbocycles. The Morgan fingerprint density at radius 2 is 1.57 bits per heavy atom. The standard InChI is InChI=1S/C16H12ClF3N2O/c17-11-9-10(5-6-14(11)23-16(18,19)20)15(12-3-1-7-21-12)13-4-2-8-22-13/h1-9,15,21-22H. The number of H-pyrrole nitrogens is 2. The molecule has 0 spiro atoms. The zero-order chi connectivity index (χ0) is 16.4. The van der Waals surface area contributed by atoms with Gasteiger partial charge < -0.3 is 14.7 Å². The van der Waals surface area contributed by atoms with Crippen LogP contribution in [-0.4, -0.2) is 16.3 Å². The van der Waals surface area contributed by atoms with Crippen molar-refractivity contribution in [1.82, 2.24) is 9.97 Å². The molecule has 23 heavy (non-hydrogen) atoms. The van der Waals surface area contributed by atoms with E-state index in [-0.39, 0.29) is 10.9 Å². The molecule has 2 aromatic heterocycles. The third kappa shape index (κ3) is 3.53. The minimum atomic E-state index is -4.77. The molecule has 0 atom stereocenters. The Hall–Kier alpha value is -2.34. The van der Waals surface area contributed by atoms with Gasteiger partial charge in [0.25, 0.3) is 0 Å². The number of ether oxygens (including phenoxy) is 1. The minimum Gasteiger partial charge on any atom is -0.404 e. The summed E-state index contributed by atoms with van der Waals surface area (Å²) in [5, 5.41) is -0.0945. The molecule has 3 nitrogen and oxygen atoms in total. The quantitative estimate of drug-likeness (QED) is 0.683. The van der Waals surface area contributed by atoms with E-state index in [1.54, 1.807) is 18.5 Å². The Kier molecular flexibility index (Phi) is 4.09. The first-order valence-corrected chi connectivity index (χ1v) is 7.13. The molecule has 7 heteroatoms. The summed E-state index contributed by atoms with van der Waals surface area (Å²) in [6.45, 7) is 0. The number of alkyl halides is 3. The monoisotopic (exact) mass is 340 g/mol. The lowest BCUT2D eigenvalue weighted by Gasteiger charge is -2.17. The van der Waals surface area contributed by atoms with Gasteiger partial charge in [-0.2, -0.15) is 0 Å². The van der Waals surface area contributed by atoms with E-state index in [0.29, 0.717) is 0 Å². The van der Waals surface area contributed by atoms with Gasteiger partial charge in [0.1, 0.15) is 5.75 Å². The second-order valence-corrected chi connectivity index (χ2v) is 5.33. The second-order valence-electron chi connectivity index (χ2n) is 4.92. The maximum Gasteiger partial charge on any atom is 0.573 e. The van der Waals surface area contributed by atoms with E-state index in [1.165, 1.54) is 12.1 Å². The van der Waals surface area contributed by atoms with Crippen LogP contribution in [-0.2, 0) is 0 Å². The highest BCUT2D eigenvalue weighted by Gasteiger charge is 2.32. The predicted molar refractivity (Wildman–Crippen MR) is 80.7 cm³/mol. The SMILES string of the molecule is FC(F)(F)Oc1ccc(C(c2ccc[nH]2)c2ccc[nH]2)cc1Cl. The maximum absolute atomic E-state index is 12.3. The molecule has 2 N–H and O–H groups in total. The number of halogens is 4. The number of hydrogen-bond acceptors (Lipinski definition) is 1. The number of benzene rings is 1. The predicted octanol–water partition coefficient (Wildman–Crippen LogP) is 5.08. The van der Waals surface area contributed by atoms with Gasteiger partial charge in [0.2, 0.25) is 0 Å². The zero-order valence-electron chi connectivity index (χ0n) is 11.7. The van der Waals surface area contributed by atoms with E-state index < -0.39 is 12.1 Å². The average molecular weight is 341 g/mol. The first-order valence-electron chi connectivity index (χ1n) is 6.76. The largest absolute Gasteiger partial charge is 0.573 e. The van der Waals surface area contributed by atoms with E-state index in [2.05, 4.69) is 14.7 Å². The van der Waals surface area contributed by atoms with E-state index in [0.717, 1.165) is 17.0 Å². The average Bonchev–Trinajstić information content (AvgIpc) is 3.14. The van der Waals surface area contributed by atoms with Gasteiger partial charge in [-0.25, -0.2) is 0 Å². The van der Waals surface area contributed by atoms with Gasteiger partial charge in [-0.1, -0.05) is 17.7 Å². The summed E-state index contributed by atoms with van der Waals surface area (Å²) >= 11 is 5.96. The molecule has 0 unspecified atom stereocenters. The molecule has 1 aromatic carbocycles. The summed E-state index contributed by atoms with van der Waals surface area (Å²) < 4.78 is 40.9. The first-order chi connectivity index (χ1) is 10.9. The van der Waals surface area contributed by atoms with Gasteiger partial charge in [0.15, 0.2) is 0 Å². The van der Waals surface area contributed by atoms with Crippen molar-refractivity contribution in [3.63, 3.8) is 0 Å². The molecule has 3 rings (SSSR count). The van der Waals surface area contributed by atoms with Gasteiger partial charge >= 0.3 is 6.36 Å². The highest BCUT2D eigenvalue weighted by molar-refractivity contribution is 6.32. The van der Waals surface area contributed by atoms with Crippen LogP contribution in [0.4, 0.5) is 13.2 Å². The number of aromatic nitrogens is 2. The molecule has 3 aromatic rings. The van der Waals surface area contributed by atoms with Crippen molar-refractivity contribution in [2.24, 2.45) is 0 Å². The van der Waals surface area contributed by atoms with Gasteiger partial charge in [0, 0.05) is 23.8 Å². The van der Waals surface area contributed by atoms with Crippen molar-refractivity contribution >= 4 is 11.6 Å². The Bertz CT molecular complexity index is 733. The molecule has 0 amide bonds. The summed E-state index contributed by atoms with van der Waals surface area (Å²) in [4.78, 5) is 6.24. The van der Waals surface area contributed by atoms with Crippen LogP contribution in [0.5, 0.6) is 5.75 Å². The topological polar surface area (TPSA) is 40.8 Å². The fourth-order valence-electron chi connectivity index (χ4n) is 2.48. The van der Waals surface area contributed by atoms with E-state index in [1.807, 2.05) is 24.3 Å². The van der Waals surface area contributed by atoms with Gasteiger partial charge in [0.05, 0.1) is 10.9 Å². The molecule has 0 fully saturated rings. The summed E-state index contributed by atoms with van der Waals surface area (Å²) in [5.41, 5.74) is 2.54. The Morgan fingerprint density at radius 3 is 2.00 bits per heavy atom. The summed E-state index contributed by atoms with van der Waals surface area (Å²) in [6, 6.07) is 11.8. The van der Waals surface area contributed by atoms with Crippen LogP contribution >= 0.6 is 11.6 Å². The molecule has 2 heterocycles. The lowest BCUT2D eigenvalue weighted by molar-refractivity contribution is -0.274. The molecule has 0 radical (unpaired) electrons. The van der Waals surface area contributed by atoms with Gasteiger partial charge in [-0.05, 0) is 42.0 Å². The number of rotatable bonds is 4. The van der Waals surface area contributed by atoms with Gasteiger partial charge in [-0.3, -0.25) is 0 Å². The zero-order valence-corrected chi connectivity index (χ0v) is 12.4. The third-order valence-electron chi connectivity index (χ3n) is 3.38. The van der Waals surface area contributed by atoms with Crippen LogP contribution in [0.2, 0.25) is 5.02 Å². The molecule has 0 aliphatic heterocycles. The van der Waals surface area contributed by atoms with Gasteiger partial charge in [-0.15, -0.1) is 13.2 Å². The van der Waals surface area contributed by atoms with Crippen LogP contribution in [0.3, 0.4) is 0 Å². The molecular formula is C16H12ClF3N2O. The Balaban J connectivity index is 1.99. The summed E-state index contributed by atoms with van der Waals surface area (Å²) in [7, 11) is 0. The number of nitrogens with one attached hydrogen (secondary N) is 2. The molecule has 0 aliphatic carbocycles. The highest BCUT2D eigenvalue weighted by Crippen LogP contribution is 2.36. The fraction of sp³-hybridized carbons (Fsp3) is 0.125. The van der Waals surface area contributed by atoms with Crippen molar-refractivity contribution in [2.75, 3.05) is 0 Å². The Labute approximate surface area is 135 Å². The molecule has 0 bridgehead atoms. The molecule has 0 saturated heterocycles. The van der Waals surface area contributed by atoms with Crippen LogP contribution < -0.4 is 4.74 Å². The molecular weight excluding hydrogens is 329 g/mol. The van der Waals surface area contributed by atoms with Crippen LogP contribution in [0, 0.1) is 0 Å². The minimum absolute atomic E-state index is 0.0945. The van der Waals surface area contributed by atoms with E-state index in [9.17, 15) is 13.2 Å². The van der Waals surface area contributed by atoms with Crippen molar-refractivity contribution in [3.05, 3.63) is 76.8 Å². The van der Waals surface area contributed by atoms with Crippen LogP contribution in [0.25, 0.3) is 0 Å². The van der Waals surface area contributed by atoms with E-state index in [4.69, 9.17) is 11.6 Å². The van der Waals surface area contributed by atoms with E-state index >= 15 is 0 Å². The highest BCUT2D eigenvalue weighted by atomic mass is 35.5. The summed E-state index contributed by atoms with van der Waals surface area (Å²) in [6.07, 6.45) is -1.20. The van der Waals surface area contributed by atoms with Crippen molar-refractivity contribution in [2.45, 2.75) is 12.3 Å². The van der Waals surface area contributed by atoms with Crippen molar-refractivity contribution in [3.8, 4) is 5.75 Å². The van der Waals surface area contributed by atoms with Crippen LogP contribution in [0.1, 0.15) is 22.9 Å². The smallest absolute Gasteiger partial charge is 0.404 e.